The van der Waals surface area contributed by atoms with Gasteiger partial charge in [0, 0.05) is 10.5 Å². The highest BCUT2D eigenvalue weighted by Gasteiger charge is 2.07. The van der Waals surface area contributed by atoms with E-state index < -0.39 is 0 Å². The van der Waals surface area contributed by atoms with Gasteiger partial charge in [0.2, 0.25) is 5.91 Å². The Bertz CT molecular complexity index is 1060. The Labute approximate surface area is 198 Å². The second kappa shape index (κ2) is 12.1. The molecule has 0 aliphatic heterocycles. The van der Waals surface area contributed by atoms with Gasteiger partial charge in [0.25, 0.3) is 0 Å². The van der Waals surface area contributed by atoms with E-state index in [0.29, 0.717) is 18.1 Å². The maximum Gasteiger partial charge on any atom is 0.248 e. The highest BCUT2D eigenvalue weighted by atomic mass is 79.9. The molecule has 1 N–H and O–H groups in total. The Morgan fingerprint density at radius 1 is 1.00 bits per heavy atom. The number of carbonyl (C=O) groups excluding carboxylic acids is 1. The number of nitrogens with one attached hydrogen (secondary N) is 1. The van der Waals surface area contributed by atoms with Crippen LogP contribution in [0.5, 0.6) is 11.5 Å². The molecule has 32 heavy (non-hydrogen) atoms. The maximum absolute atomic E-state index is 12.4. The lowest BCUT2D eigenvalue weighted by atomic mass is 10.1. The summed E-state index contributed by atoms with van der Waals surface area (Å²) in [6.07, 6.45) is 6.61. The molecule has 4 nitrogen and oxygen atoms in total. The summed E-state index contributed by atoms with van der Waals surface area (Å²) >= 11 is 3.55. The zero-order valence-electron chi connectivity index (χ0n) is 18.4. The van der Waals surface area contributed by atoms with Crippen molar-refractivity contribution in [3.05, 3.63) is 94.0 Å². The minimum absolute atomic E-state index is 0.199. The average Bonchev–Trinajstić information content (AvgIpc) is 2.82. The number of methoxy groups -OCH3 is 1. The van der Waals surface area contributed by atoms with E-state index in [1.807, 2.05) is 54.6 Å². The van der Waals surface area contributed by atoms with Crippen molar-refractivity contribution in [2.24, 2.45) is 0 Å². The molecule has 0 radical (unpaired) electrons. The zero-order valence-corrected chi connectivity index (χ0v) is 20.0. The standard InChI is InChI=1S/C27H28BrNO3/c1-3-4-8-20-11-14-24(23(28)17-20)29-27(30)16-13-21-12-15-25(26(18-21)31-2)32-19-22-9-6-5-7-10-22/h5-7,9-18H,3-4,8,19H2,1-2H3,(H,29,30)/b16-13+. The van der Waals surface area contributed by atoms with E-state index >= 15 is 0 Å². The number of anilines is 1. The molecule has 3 rings (SSSR count). The number of amides is 1. The predicted octanol–water partition coefficient (Wildman–Crippen LogP) is 7.03. The summed E-state index contributed by atoms with van der Waals surface area (Å²) in [5.74, 6) is 1.08. The van der Waals surface area contributed by atoms with Gasteiger partial charge in [0.05, 0.1) is 12.8 Å². The van der Waals surface area contributed by atoms with E-state index in [2.05, 4.69) is 40.3 Å². The Morgan fingerprint density at radius 3 is 2.53 bits per heavy atom. The summed E-state index contributed by atoms with van der Waals surface area (Å²) < 4.78 is 12.2. The molecular weight excluding hydrogens is 466 g/mol. The van der Waals surface area contributed by atoms with Crippen LogP contribution in [-0.4, -0.2) is 13.0 Å². The number of rotatable bonds is 10. The third kappa shape index (κ3) is 6.99. The summed E-state index contributed by atoms with van der Waals surface area (Å²) in [4.78, 5) is 12.4. The number of ether oxygens (including phenoxy) is 2. The van der Waals surface area contributed by atoms with Gasteiger partial charge in [-0.05, 0) is 75.8 Å². The van der Waals surface area contributed by atoms with Crippen molar-refractivity contribution in [1.29, 1.82) is 0 Å². The predicted molar refractivity (Wildman–Crippen MR) is 134 cm³/mol. The van der Waals surface area contributed by atoms with E-state index in [1.165, 1.54) is 11.6 Å². The van der Waals surface area contributed by atoms with E-state index in [-0.39, 0.29) is 5.91 Å². The molecule has 0 unspecified atom stereocenters. The lowest BCUT2D eigenvalue weighted by Gasteiger charge is -2.11. The van der Waals surface area contributed by atoms with Crippen molar-refractivity contribution >= 4 is 33.6 Å². The average molecular weight is 494 g/mol. The summed E-state index contributed by atoms with van der Waals surface area (Å²) in [6.45, 7) is 2.64. The molecule has 0 bridgehead atoms. The molecule has 0 aliphatic carbocycles. The lowest BCUT2D eigenvalue weighted by molar-refractivity contribution is -0.111. The number of hydrogen-bond donors (Lipinski definition) is 1. The van der Waals surface area contributed by atoms with Crippen molar-refractivity contribution < 1.29 is 14.3 Å². The molecule has 0 heterocycles. The van der Waals surface area contributed by atoms with E-state index in [0.717, 1.165) is 40.5 Å². The van der Waals surface area contributed by atoms with Crippen LogP contribution in [0.3, 0.4) is 0 Å². The number of aryl methyl sites for hydroxylation is 1. The van der Waals surface area contributed by atoms with Gasteiger partial charge in [-0.3, -0.25) is 4.79 Å². The summed E-state index contributed by atoms with van der Waals surface area (Å²) in [5.41, 5.74) is 3.94. The monoisotopic (exact) mass is 493 g/mol. The molecule has 3 aromatic carbocycles. The quantitative estimate of drug-likeness (QED) is 0.308. The van der Waals surface area contributed by atoms with Crippen LogP contribution in [0.15, 0.2) is 77.3 Å². The number of unbranched alkanes of at least 4 members (excludes halogenated alkanes) is 1. The molecule has 0 spiro atoms. The smallest absolute Gasteiger partial charge is 0.248 e. The minimum atomic E-state index is -0.199. The third-order valence-corrected chi connectivity index (χ3v) is 5.62. The summed E-state index contributed by atoms with van der Waals surface area (Å²) in [7, 11) is 1.60. The number of benzene rings is 3. The summed E-state index contributed by atoms with van der Waals surface area (Å²) in [5, 5.41) is 2.91. The van der Waals surface area contributed by atoms with Crippen LogP contribution in [0.25, 0.3) is 6.08 Å². The SMILES string of the molecule is CCCCc1ccc(NC(=O)/C=C/c2ccc(OCc3ccccc3)c(OC)c2)c(Br)c1. The Hall–Kier alpha value is -3.05. The first-order valence-corrected chi connectivity index (χ1v) is 11.5. The molecule has 166 valence electrons. The van der Waals surface area contributed by atoms with Crippen molar-refractivity contribution in [3.63, 3.8) is 0 Å². The van der Waals surface area contributed by atoms with Crippen molar-refractivity contribution in [3.8, 4) is 11.5 Å². The molecule has 0 fully saturated rings. The van der Waals surface area contributed by atoms with Gasteiger partial charge < -0.3 is 14.8 Å². The zero-order chi connectivity index (χ0) is 22.8. The van der Waals surface area contributed by atoms with Crippen LogP contribution in [0.4, 0.5) is 5.69 Å². The van der Waals surface area contributed by atoms with Crippen molar-refractivity contribution in [1.82, 2.24) is 0 Å². The van der Waals surface area contributed by atoms with E-state index in [1.54, 1.807) is 13.2 Å². The minimum Gasteiger partial charge on any atom is -0.493 e. The number of halogens is 1. The first kappa shape index (κ1) is 23.6. The maximum atomic E-state index is 12.4. The largest absolute Gasteiger partial charge is 0.493 e. The van der Waals surface area contributed by atoms with Crippen LogP contribution in [0.2, 0.25) is 0 Å². The summed E-state index contributed by atoms with van der Waals surface area (Å²) in [6, 6.07) is 21.6. The normalized spacial score (nSPS) is 10.8. The second-order valence-corrected chi connectivity index (χ2v) is 8.28. The molecular formula is C27H28BrNO3. The Kier molecular flexibility index (Phi) is 8.93. The van der Waals surface area contributed by atoms with Gasteiger partial charge in [0.1, 0.15) is 6.61 Å². The highest BCUT2D eigenvalue weighted by molar-refractivity contribution is 9.10. The Morgan fingerprint density at radius 2 is 1.81 bits per heavy atom. The van der Waals surface area contributed by atoms with Gasteiger partial charge in [-0.2, -0.15) is 0 Å². The van der Waals surface area contributed by atoms with Gasteiger partial charge in [-0.15, -0.1) is 0 Å². The molecule has 3 aromatic rings. The molecule has 0 aromatic heterocycles. The van der Waals surface area contributed by atoms with Gasteiger partial charge in [0.15, 0.2) is 11.5 Å². The number of hydrogen-bond acceptors (Lipinski definition) is 3. The van der Waals surface area contributed by atoms with Gasteiger partial charge in [-0.25, -0.2) is 0 Å². The van der Waals surface area contributed by atoms with Crippen molar-refractivity contribution in [2.75, 3.05) is 12.4 Å². The molecule has 0 saturated carbocycles. The van der Waals surface area contributed by atoms with Crippen LogP contribution in [0, 0.1) is 0 Å². The topological polar surface area (TPSA) is 47.6 Å². The van der Waals surface area contributed by atoms with Gasteiger partial charge >= 0.3 is 0 Å². The molecule has 0 saturated heterocycles. The molecule has 0 atom stereocenters. The fraction of sp³-hybridized carbons (Fsp3) is 0.222. The highest BCUT2D eigenvalue weighted by Crippen LogP contribution is 2.29. The number of carbonyl (C=O) groups is 1. The van der Waals surface area contributed by atoms with Crippen molar-refractivity contribution in [2.45, 2.75) is 32.8 Å². The van der Waals surface area contributed by atoms with Crippen LogP contribution in [-0.2, 0) is 17.8 Å². The fourth-order valence-electron chi connectivity index (χ4n) is 3.19. The first-order chi connectivity index (χ1) is 15.6. The molecule has 1 amide bonds. The first-order valence-electron chi connectivity index (χ1n) is 10.7. The van der Waals surface area contributed by atoms with Crippen LogP contribution in [0.1, 0.15) is 36.5 Å². The third-order valence-electron chi connectivity index (χ3n) is 4.96. The van der Waals surface area contributed by atoms with Crippen LogP contribution < -0.4 is 14.8 Å². The Balaban J connectivity index is 1.61. The molecule has 5 heteroatoms. The second-order valence-electron chi connectivity index (χ2n) is 7.42. The van der Waals surface area contributed by atoms with Crippen LogP contribution >= 0.6 is 15.9 Å². The molecule has 0 aliphatic rings. The fourth-order valence-corrected chi connectivity index (χ4v) is 3.71. The lowest BCUT2D eigenvalue weighted by Crippen LogP contribution is -2.08. The van der Waals surface area contributed by atoms with Gasteiger partial charge in [-0.1, -0.05) is 55.8 Å². The van der Waals surface area contributed by atoms with E-state index in [4.69, 9.17) is 9.47 Å². The van der Waals surface area contributed by atoms with E-state index in [9.17, 15) is 4.79 Å².